The molecule has 0 saturated heterocycles. The Bertz CT molecular complexity index is 410. The van der Waals surface area contributed by atoms with Gasteiger partial charge in [-0.15, -0.1) is 0 Å². The van der Waals surface area contributed by atoms with E-state index < -0.39 is 0 Å². The molecular formula is C18H29NS. The highest BCUT2D eigenvalue weighted by Crippen LogP contribution is 2.32. The number of rotatable bonds is 7. The molecule has 1 unspecified atom stereocenters. The average molecular weight is 292 g/mol. The summed E-state index contributed by atoms with van der Waals surface area (Å²) >= 11 is 2.19. The zero-order chi connectivity index (χ0) is 14.4. The molecule has 1 aliphatic rings. The predicted molar refractivity (Wildman–Crippen MR) is 91.7 cm³/mol. The normalized spacial score (nSPS) is 17.6. The molecule has 0 bridgehead atoms. The lowest BCUT2D eigenvalue weighted by Crippen LogP contribution is -2.25. The minimum atomic E-state index is 0.514. The first-order valence-electron chi connectivity index (χ1n) is 8.13. The first-order chi connectivity index (χ1) is 9.70. The smallest absolute Gasteiger partial charge is 0.0414 e. The van der Waals surface area contributed by atoms with E-state index in [1.807, 2.05) is 0 Å². The molecule has 0 spiro atoms. The number of hydrogen-bond acceptors (Lipinski definition) is 2. The van der Waals surface area contributed by atoms with E-state index in [2.05, 4.69) is 56.0 Å². The third kappa shape index (κ3) is 4.53. The summed E-state index contributed by atoms with van der Waals surface area (Å²) in [5.41, 5.74) is 4.31. The highest BCUT2D eigenvalue weighted by atomic mass is 32.2. The summed E-state index contributed by atoms with van der Waals surface area (Å²) in [7, 11) is 0. The van der Waals surface area contributed by atoms with Crippen molar-refractivity contribution in [3.63, 3.8) is 0 Å². The van der Waals surface area contributed by atoms with E-state index in [0.29, 0.717) is 6.04 Å². The molecule has 112 valence electrons. The summed E-state index contributed by atoms with van der Waals surface area (Å²) in [5.74, 6) is 1.22. The molecule has 20 heavy (non-hydrogen) atoms. The van der Waals surface area contributed by atoms with Crippen molar-refractivity contribution < 1.29 is 0 Å². The van der Waals surface area contributed by atoms with Crippen molar-refractivity contribution in [3.05, 3.63) is 34.9 Å². The quantitative estimate of drug-likeness (QED) is 0.757. The molecule has 0 aliphatic heterocycles. The van der Waals surface area contributed by atoms with Gasteiger partial charge >= 0.3 is 0 Å². The van der Waals surface area contributed by atoms with Crippen LogP contribution in [0.25, 0.3) is 0 Å². The molecule has 1 N–H and O–H groups in total. The van der Waals surface area contributed by atoms with Crippen LogP contribution in [0.1, 0.15) is 61.8 Å². The average Bonchev–Trinajstić information content (AvgIpc) is 2.95. The van der Waals surface area contributed by atoms with Gasteiger partial charge in [0.15, 0.2) is 0 Å². The highest BCUT2D eigenvalue weighted by Gasteiger charge is 2.19. The van der Waals surface area contributed by atoms with Gasteiger partial charge in [0.2, 0.25) is 0 Å². The highest BCUT2D eigenvalue weighted by molar-refractivity contribution is 7.99. The minimum absolute atomic E-state index is 0.514. The van der Waals surface area contributed by atoms with Crippen molar-refractivity contribution in [2.75, 3.05) is 12.3 Å². The molecular weight excluding hydrogens is 262 g/mol. The number of thioether (sulfide) groups is 1. The van der Waals surface area contributed by atoms with Crippen molar-refractivity contribution >= 4 is 11.8 Å². The van der Waals surface area contributed by atoms with E-state index in [0.717, 1.165) is 11.8 Å². The third-order valence-electron chi connectivity index (χ3n) is 4.25. The molecule has 1 nitrogen and oxygen atoms in total. The molecule has 1 aromatic rings. The van der Waals surface area contributed by atoms with Crippen LogP contribution in [-0.4, -0.2) is 17.5 Å². The topological polar surface area (TPSA) is 12.0 Å². The van der Waals surface area contributed by atoms with Crippen LogP contribution in [0.2, 0.25) is 0 Å². The lowest BCUT2D eigenvalue weighted by molar-refractivity contribution is 0.574. The molecule has 1 aromatic carbocycles. The lowest BCUT2D eigenvalue weighted by Gasteiger charge is -2.22. The van der Waals surface area contributed by atoms with Gasteiger partial charge in [0, 0.05) is 17.0 Å². The maximum absolute atomic E-state index is 3.76. The fourth-order valence-electron chi connectivity index (χ4n) is 3.00. The molecule has 0 heterocycles. The summed E-state index contributed by atoms with van der Waals surface area (Å²) in [4.78, 5) is 0. The monoisotopic (exact) mass is 291 g/mol. The Balaban J connectivity index is 2.02. The van der Waals surface area contributed by atoms with Gasteiger partial charge in [0.05, 0.1) is 0 Å². The molecule has 1 atom stereocenters. The SMILES string of the molecule is CCCNC(CSC1CCCC1)c1cc(C)ccc1C. The maximum Gasteiger partial charge on any atom is 0.0414 e. The second kappa shape index (κ2) is 8.09. The molecule has 0 amide bonds. The van der Waals surface area contributed by atoms with Crippen LogP contribution in [-0.2, 0) is 0 Å². The van der Waals surface area contributed by atoms with Gasteiger partial charge < -0.3 is 5.32 Å². The summed E-state index contributed by atoms with van der Waals surface area (Å²) in [5, 5.41) is 4.67. The van der Waals surface area contributed by atoms with Crippen LogP contribution < -0.4 is 5.32 Å². The van der Waals surface area contributed by atoms with Crippen molar-refractivity contribution in [2.24, 2.45) is 0 Å². The van der Waals surface area contributed by atoms with Crippen LogP contribution in [0, 0.1) is 13.8 Å². The van der Waals surface area contributed by atoms with Gasteiger partial charge in [-0.25, -0.2) is 0 Å². The predicted octanol–water partition coefficient (Wildman–Crippen LogP) is 5.02. The van der Waals surface area contributed by atoms with E-state index in [1.54, 1.807) is 0 Å². The Morgan fingerprint density at radius 1 is 1.25 bits per heavy atom. The zero-order valence-electron chi connectivity index (χ0n) is 13.2. The molecule has 1 saturated carbocycles. The number of aryl methyl sites for hydroxylation is 2. The third-order valence-corrected chi connectivity index (χ3v) is 5.72. The number of benzene rings is 1. The minimum Gasteiger partial charge on any atom is -0.309 e. The van der Waals surface area contributed by atoms with Crippen molar-refractivity contribution in [2.45, 2.75) is 64.2 Å². The maximum atomic E-state index is 3.76. The van der Waals surface area contributed by atoms with Gasteiger partial charge in [0.25, 0.3) is 0 Å². The van der Waals surface area contributed by atoms with E-state index >= 15 is 0 Å². The summed E-state index contributed by atoms with van der Waals surface area (Å²) in [6, 6.07) is 7.38. The fraction of sp³-hybridized carbons (Fsp3) is 0.667. The Kier molecular flexibility index (Phi) is 6.44. The summed E-state index contributed by atoms with van der Waals surface area (Å²) in [6.45, 7) is 7.81. The van der Waals surface area contributed by atoms with Crippen LogP contribution in [0.3, 0.4) is 0 Å². The summed E-state index contributed by atoms with van der Waals surface area (Å²) in [6.07, 6.45) is 6.94. The second-order valence-corrected chi connectivity index (χ2v) is 7.44. The van der Waals surface area contributed by atoms with Crippen LogP contribution in [0.5, 0.6) is 0 Å². The first kappa shape index (κ1) is 15.9. The summed E-state index contributed by atoms with van der Waals surface area (Å²) < 4.78 is 0. The Labute approximate surface area is 128 Å². The second-order valence-electron chi connectivity index (χ2n) is 6.11. The van der Waals surface area contributed by atoms with E-state index in [-0.39, 0.29) is 0 Å². The standard InChI is InChI=1S/C18H29NS/c1-4-11-19-18(13-20-16-7-5-6-8-16)17-12-14(2)9-10-15(17)3/h9-10,12,16,18-19H,4-8,11,13H2,1-3H3. The molecule has 1 fully saturated rings. The van der Waals surface area contributed by atoms with Gasteiger partial charge in [-0.1, -0.05) is 43.5 Å². The number of hydrogen-bond donors (Lipinski definition) is 1. The van der Waals surface area contributed by atoms with E-state index in [4.69, 9.17) is 0 Å². The molecule has 2 rings (SSSR count). The first-order valence-corrected chi connectivity index (χ1v) is 9.17. The van der Waals surface area contributed by atoms with Gasteiger partial charge in [0.1, 0.15) is 0 Å². The zero-order valence-corrected chi connectivity index (χ0v) is 14.1. The van der Waals surface area contributed by atoms with Crippen molar-refractivity contribution in [1.29, 1.82) is 0 Å². The van der Waals surface area contributed by atoms with E-state index in [1.165, 1.54) is 54.5 Å². The molecule has 1 aliphatic carbocycles. The van der Waals surface area contributed by atoms with Gasteiger partial charge in [-0.05, 0) is 50.8 Å². The molecule has 0 aromatic heterocycles. The largest absolute Gasteiger partial charge is 0.309 e. The van der Waals surface area contributed by atoms with Crippen molar-refractivity contribution in [1.82, 2.24) is 5.32 Å². The van der Waals surface area contributed by atoms with Gasteiger partial charge in [-0.3, -0.25) is 0 Å². The van der Waals surface area contributed by atoms with Gasteiger partial charge in [-0.2, -0.15) is 11.8 Å². The lowest BCUT2D eigenvalue weighted by atomic mass is 10.00. The van der Waals surface area contributed by atoms with Crippen LogP contribution >= 0.6 is 11.8 Å². The molecule has 0 radical (unpaired) electrons. The van der Waals surface area contributed by atoms with Crippen LogP contribution in [0.15, 0.2) is 18.2 Å². The fourth-order valence-corrected chi connectivity index (χ4v) is 4.43. The Morgan fingerprint density at radius 2 is 2.00 bits per heavy atom. The van der Waals surface area contributed by atoms with E-state index in [9.17, 15) is 0 Å². The Hall–Kier alpha value is -0.470. The van der Waals surface area contributed by atoms with Crippen molar-refractivity contribution in [3.8, 4) is 0 Å². The molecule has 2 heteroatoms. The Morgan fingerprint density at radius 3 is 2.70 bits per heavy atom. The van der Waals surface area contributed by atoms with Crippen LogP contribution in [0.4, 0.5) is 0 Å². The number of nitrogens with one attached hydrogen (secondary N) is 1.